The van der Waals surface area contributed by atoms with Crippen molar-refractivity contribution in [2.75, 3.05) is 11.4 Å². The molecule has 19 heavy (non-hydrogen) atoms. The maximum atomic E-state index is 12.1. The average molecular weight is 275 g/mol. The van der Waals surface area contributed by atoms with Gasteiger partial charge >= 0.3 is 12.1 Å². The molecule has 0 atom stereocenters. The highest BCUT2D eigenvalue weighted by atomic mass is 19.4. The highest BCUT2D eigenvalue weighted by Crippen LogP contribution is 2.23. The maximum absolute atomic E-state index is 12.1. The Hall–Kier alpha value is -2.05. The molecule has 1 amide bonds. The van der Waals surface area contributed by atoms with Crippen molar-refractivity contribution in [1.82, 2.24) is 0 Å². The smallest absolute Gasteiger partial charge is 0.389 e. The number of para-hydroxylation sites is 1. The van der Waals surface area contributed by atoms with E-state index in [4.69, 9.17) is 5.11 Å². The number of amides is 1. The molecule has 0 saturated heterocycles. The number of aliphatic carboxylic acids is 1. The van der Waals surface area contributed by atoms with Gasteiger partial charge in [-0.3, -0.25) is 9.59 Å². The van der Waals surface area contributed by atoms with Crippen molar-refractivity contribution in [3.8, 4) is 0 Å². The van der Waals surface area contributed by atoms with Crippen LogP contribution in [-0.4, -0.2) is 29.7 Å². The van der Waals surface area contributed by atoms with Crippen molar-refractivity contribution < 1.29 is 27.9 Å². The SMILES string of the molecule is O=C(O)CN(C(=O)CCC(F)(F)F)c1ccccc1. The van der Waals surface area contributed by atoms with Gasteiger partial charge in [-0.05, 0) is 12.1 Å². The number of alkyl halides is 3. The molecule has 104 valence electrons. The molecule has 0 heterocycles. The standard InChI is InChI=1S/C12H12F3NO3/c13-12(14,15)7-6-10(17)16(8-11(18)19)9-4-2-1-3-5-9/h1-5H,6-8H2,(H,18,19). The van der Waals surface area contributed by atoms with E-state index in [-0.39, 0.29) is 5.69 Å². The first-order chi connectivity index (χ1) is 8.79. The van der Waals surface area contributed by atoms with Crippen molar-refractivity contribution in [3.63, 3.8) is 0 Å². The third kappa shape index (κ3) is 5.41. The van der Waals surface area contributed by atoms with Gasteiger partial charge in [-0.1, -0.05) is 18.2 Å². The molecule has 0 radical (unpaired) electrons. The zero-order valence-electron chi connectivity index (χ0n) is 9.85. The molecule has 0 fully saturated rings. The minimum absolute atomic E-state index is 0.261. The normalized spacial score (nSPS) is 11.1. The van der Waals surface area contributed by atoms with Crippen LogP contribution in [0, 0.1) is 0 Å². The number of carboxylic acid groups (broad SMARTS) is 1. The number of rotatable bonds is 5. The summed E-state index contributed by atoms with van der Waals surface area (Å²) in [5, 5.41) is 8.71. The molecule has 0 saturated carbocycles. The molecule has 1 aromatic rings. The van der Waals surface area contributed by atoms with Crippen molar-refractivity contribution in [3.05, 3.63) is 30.3 Å². The first kappa shape index (κ1) is 15.0. The predicted molar refractivity (Wildman–Crippen MR) is 61.7 cm³/mol. The summed E-state index contributed by atoms with van der Waals surface area (Å²) >= 11 is 0. The van der Waals surface area contributed by atoms with Gasteiger partial charge in [0.15, 0.2) is 0 Å². The second-order valence-corrected chi connectivity index (χ2v) is 3.82. The quantitative estimate of drug-likeness (QED) is 0.898. The van der Waals surface area contributed by atoms with Gasteiger partial charge in [0.1, 0.15) is 6.54 Å². The van der Waals surface area contributed by atoms with E-state index >= 15 is 0 Å². The summed E-state index contributed by atoms with van der Waals surface area (Å²) in [5.41, 5.74) is 0.261. The molecule has 0 aliphatic heterocycles. The van der Waals surface area contributed by atoms with E-state index in [1.165, 1.54) is 12.1 Å². The van der Waals surface area contributed by atoms with Crippen LogP contribution in [0.4, 0.5) is 18.9 Å². The second-order valence-electron chi connectivity index (χ2n) is 3.82. The Kier molecular flexibility index (Phi) is 4.91. The van der Waals surface area contributed by atoms with E-state index < -0.39 is 37.4 Å². The molecular weight excluding hydrogens is 263 g/mol. The second kappa shape index (κ2) is 6.21. The molecular formula is C12H12F3NO3. The number of halogens is 3. The van der Waals surface area contributed by atoms with Gasteiger partial charge in [-0.25, -0.2) is 0 Å². The van der Waals surface area contributed by atoms with Gasteiger partial charge < -0.3 is 10.0 Å². The summed E-state index contributed by atoms with van der Waals surface area (Å²) in [4.78, 5) is 23.2. The van der Waals surface area contributed by atoms with Crippen LogP contribution in [-0.2, 0) is 9.59 Å². The highest BCUT2D eigenvalue weighted by Gasteiger charge is 2.30. The summed E-state index contributed by atoms with van der Waals surface area (Å²) in [5.74, 6) is -2.16. The Morgan fingerprint density at radius 1 is 1.16 bits per heavy atom. The van der Waals surface area contributed by atoms with E-state index in [1.54, 1.807) is 18.2 Å². The lowest BCUT2D eigenvalue weighted by atomic mass is 10.2. The number of benzene rings is 1. The molecule has 1 N–H and O–H groups in total. The number of carboxylic acids is 1. The minimum Gasteiger partial charge on any atom is -0.480 e. The molecule has 1 rings (SSSR count). The minimum atomic E-state index is -4.44. The van der Waals surface area contributed by atoms with E-state index in [0.29, 0.717) is 0 Å². The maximum Gasteiger partial charge on any atom is 0.389 e. The van der Waals surface area contributed by atoms with E-state index in [9.17, 15) is 22.8 Å². The summed E-state index contributed by atoms with van der Waals surface area (Å²) in [7, 11) is 0. The molecule has 0 unspecified atom stereocenters. The first-order valence-corrected chi connectivity index (χ1v) is 5.43. The van der Waals surface area contributed by atoms with E-state index in [1.807, 2.05) is 0 Å². The van der Waals surface area contributed by atoms with Gasteiger partial charge in [0.25, 0.3) is 0 Å². The highest BCUT2D eigenvalue weighted by molar-refractivity contribution is 5.97. The molecule has 0 aromatic heterocycles. The number of hydrogen-bond donors (Lipinski definition) is 1. The van der Waals surface area contributed by atoms with Gasteiger partial charge in [-0.15, -0.1) is 0 Å². The number of nitrogens with zero attached hydrogens (tertiary/aromatic N) is 1. The largest absolute Gasteiger partial charge is 0.480 e. The fourth-order valence-electron chi connectivity index (χ4n) is 1.45. The number of carbonyl (C=O) groups is 2. The van der Waals surface area contributed by atoms with Crippen molar-refractivity contribution >= 4 is 17.6 Å². The molecule has 0 spiro atoms. The summed E-state index contributed by atoms with van der Waals surface area (Å²) < 4.78 is 36.2. The monoisotopic (exact) mass is 275 g/mol. The third-order valence-corrected chi connectivity index (χ3v) is 2.28. The third-order valence-electron chi connectivity index (χ3n) is 2.28. The lowest BCUT2D eigenvalue weighted by Gasteiger charge is -2.21. The molecule has 0 aliphatic rings. The Balaban J connectivity index is 2.80. The van der Waals surface area contributed by atoms with Crippen LogP contribution in [0.1, 0.15) is 12.8 Å². The first-order valence-electron chi connectivity index (χ1n) is 5.43. The van der Waals surface area contributed by atoms with Gasteiger partial charge in [0.2, 0.25) is 5.91 Å². The van der Waals surface area contributed by atoms with Crippen molar-refractivity contribution in [2.24, 2.45) is 0 Å². The Labute approximate surface area is 107 Å². The van der Waals surface area contributed by atoms with Crippen LogP contribution in [0.25, 0.3) is 0 Å². The summed E-state index contributed by atoms with van der Waals surface area (Å²) in [6.07, 6.45) is -6.48. The fourth-order valence-corrected chi connectivity index (χ4v) is 1.45. The van der Waals surface area contributed by atoms with Crippen molar-refractivity contribution in [2.45, 2.75) is 19.0 Å². The molecule has 0 aliphatic carbocycles. The van der Waals surface area contributed by atoms with Gasteiger partial charge in [-0.2, -0.15) is 13.2 Å². The van der Waals surface area contributed by atoms with E-state index in [2.05, 4.69) is 0 Å². The van der Waals surface area contributed by atoms with Crippen LogP contribution < -0.4 is 4.90 Å². The predicted octanol–water partition coefficient (Wildman–Crippen LogP) is 2.45. The van der Waals surface area contributed by atoms with Crippen LogP contribution in [0.2, 0.25) is 0 Å². The van der Waals surface area contributed by atoms with Gasteiger partial charge in [0.05, 0.1) is 6.42 Å². The fraction of sp³-hybridized carbons (Fsp3) is 0.333. The summed E-state index contributed by atoms with van der Waals surface area (Å²) in [6, 6.07) is 7.73. The molecule has 0 bridgehead atoms. The Bertz CT molecular complexity index is 445. The number of anilines is 1. The van der Waals surface area contributed by atoms with Crippen molar-refractivity contribution in [1.29, 1.82) is 0 Å². The average Bonchev–Trinajstić information content (AvgIpc) is 2.33. The Morgan fingerprint density at radius 3 is 2.21 bits per heavy atom. The van der Waals surface area contributed by atoms with Crippen LogP contribution >= 0.6 is 0 Å². The van der Waals surface area contributed by atoms with E-state index in [0.717, 1.165) is 4.90 Å². The van der Waals surface area contributed by atoms with Gasteiger partial charge in [0, 0.05) is 12.1 Å². The zero-order valence-corrected chi connectivity index (χ0v) is 9.85. The zero-order chi connectivity index (χ0) is 14.5. The number of carbonyl (C=O) groups excluding carboxylic acids is 1. The lowest BCUT2D eigenvalue weighted by Crippen LogP contribution is -2.36. The Morgan fingerprint density at radius 2 is 1.74 bits per heavy atom. The summed E-state index contributed by atoms with van der Waals surface area (Å²) in [6.45, 7) is -0.666. The molecule has 4 nitrogen and oxygen atoms in total. The molecule has 7 heteroatoms. The van der Waals surface area contributed by atoms with Crippen LogP contribution in [0.3, 0.4) is 0 Å². The van der Waals surface area contributed by atoms with Crippen LogP contribution in [0.5, 0.6) is 0 Å². The molecule has 1 aromatic carbocycles. The topological polar surface area (TPSA) is 57.6 Å². The lowest BCUT2D eigenvalue weighted by molar-refractivity contribution is -0.143. The van der Waals surface area contributed by atoms with Crippen LogP contribution in [0.15, 0.2) is 30.3 Å². The number of hydrogen-bond acceptors (Lipinski definition) is 2.